The molecule has 2 heteroatoms. The molecule has 1 rings (SSSR count). The van der Waals surface area contributed by atoms with Gasteiger partial charge in [-0.15, -0.1) is 0 Å². The largest absolute Gasteiger partial charge is 0.468 e. The van der Waals surface area contributed by atoms with Gasteiger partial charge in [0.05, 0.1) is 12.5 Å². The van der Waals surface area contributed by atoms with E-state index in [0.29, 0.717) is 0 Å². The molecular formula is C12H16O2. The van der Waals surface area contributed by atoms with Crippen molar-refractivity contribution in [2.75, 3.05) is 7.11 Å². The molecule has 0 radical (unpaired) electrons. The van der Waals surface area contributed by atoms with E-state index in [-0.39, 0.29) is 5.97 Å². The molecule has 14 heavy (non-hydrogen) atoms. The van der Waals surface area contributed by atoms with Crippen LogP contribution in [0.1, 0.15) is 25.0 Å². The molecule has 0 bridgehead atoms. The molecule has 0 aliphatic carbocycles. The molecule has 0 aromatic heterocycles. The van der Waals surface area contributed by atoms with Crippen molar-refractivity contribution in [2.24, 2.45) is 0 Å². The van der Waals surface area contributed by atoms with E-state index < -0.39 is 5.41 Å². The van der Waals surface area contributed by atoms with Gasteiger partial charge >= 0.3 is 5.97 Å². The van der Waals surface area contributed by atoms with Crippen LogP contribution in [-0.4, -0.2) is 13.1 Å². The molecule has 0 aliphatic rings. The number of hydrogen-bond donors (Lipinski definition) is 0. The van der Waals surface area contributed by atoms with Gasteiger partial charge in [-0.3, -0.25) is 4.79 Å². The van der Waals surface area contributed by atoms with Gasteiger partial charge in [-0.2, -0.15) is 0 Å². The minimum atomic E-state index is -0.567. The maximum atomic E-state index is 11.5. The van der Waals surface area contributed by atoms with Crippen molar-refractivity contribution in [3.8, 4) is 0 Å². The standard InChI is InChI=1S/C12H16O2/c1-9-5-7-10(8-6-9)12(2,3)11(13)14-4/h5-8H,1-4H3. The molecule has 0 amide bonds. The maximum absolute atomic E-state index is 11.5. The zero-order chi connectivity index (χ0) is 10.8. The van der Waals surface area contributed by atoms with E-state index in [9.17, 15) is 4.79 Å². The van der Waals surface area contributed by atoms with Crippen LogP contribution in [0.25, 0.3) is 0 Å². The van der Waals surface area contributed by atoms with E-state index in [4.69, 9.17) is 4.74 Å². The lowest BCUT2D eigenvalue weighted by molar-refractivity contribution is -0.146. The summed E-state index contributed by atoms with van der Waals surface area (Å²) in [5.74, 6) is -0.207. The van der Waals surface area contributed by atoms with Gasteiger partial charge < -0.3 is 4.74 Å². The van der Waals surface area contributed by atoms with Crippen molar-refractivity contribution in [1.82, 2.24) is 0 Å². The van der Waals surface area contributed by atoms with Crippen LogP contribution in [-0.2, 0) is 14.9 Å². The minimum Gasteiger partial charge on any atom is -0.468 e. The molecule has 0 atom stereocenters. The second-order valence-corrected chi connectivity index (χ2v) is 3.98. The lowest BCUT2D eigenvalue weighted by Gasteiger charge is -2.21. The van der Waals surface area contributed by atoms with E-state index in [0.717, 1.165) is 5.56 Å². The number of aryl methyl sites for hydroxylation is 1. The highest BCUT2D eigenvalue weighted by Crippen LogP contribution is 2.24. The van der Waals surface area contributed by atoms with Gasteiger partial charge in [0, 0.05) is 0 Å². The second-order valence-electron chi connectivity index (χ2n) is 3.98. The number of ether oxygens (including phenoxy) is 1. The molecule has 0 unspecified atom stereocenters. The Bertz CT molecular complexity index is 323. The Hall–Kier alpha value is -1.31. The molecule has 0 fully saturated rings. The number of carbonyl (C=O) groups is 1. The summed E-state index contributed by atoms with van der Waals surface area (Å²) >= 11 is 0. The maximum Gasteiger partial charge on any atom is 0.315 e. The monoisotopic (exact) mass is 192 g/mol. The Balaban J connectivity index is 3.03. The Morgan fingerprint density at radius 1 is 1.21 bits per heavy atom. The number of carbonyl (C=O) groups excluding carboxylic acids is 1. The van der Waals surface area contributed by atoms with Gasteiger partial charge in [0.25, 0.3) is 0 Å². The third kappa shape index (κ3) is 1.95. The number of methoxy groups -OCH3 is 1. The second kappa shape index (κ2) is 3.82. The van der Waals surface area contributed by atoms with Gasteiger partial charge in [-0.1, -0.05) is 29.8 Å². The van der Waals surface area contributed by atoms with Crippen molar-refractivity contribution in [3.63, 3.8) is 0 Å². The quantitative estimate of drug-likeness (QED) is 0.673. The lowest BCUT2D eigenvalue weighted by atomic mass is 9.84. The van der Waals surface area contributed by atoms with Gasteiger partial charge in [0.2, 0.25) is 0 Å². The van der Waals surface area contributed by atoms with Gasteiger partial charge in [0.1, 0.15) is 0 Å². The number of hydrogen-bond acceptors (Lipinski definition) is 2. The molecule has 0 spiro atoms. The average molecular weight is 192 g/mol. The highest BCUT2D eigenvalue weighted by Gasteiger charge is 2.30. The van der Waals surface area contributed by atoms with Crippen molar-refractivity contribution in [3.05, 3.63) is 35.4 Å². The Kier molecular flexibility index (Phi) is 2.94. The zero-order valence-electron chi connectivity index (χ0n) is 9.13. The van der Waals surface area contributed by atoms with Crippen LogP contribution in [0.15, 0.2) is 24.3 Å². The molecule has 0 saturated heterocycles. The molecular weight excluding hydrogens is 176 g/mol. The molecule has 76 valence electrons. The summed E-state index contributed by atoms with van der Waals surface area (Å²) in [6.07, 6.45) is 0. The predicted molar refractivity (Wildman–Crippen MR) is 56.2 cm³/mol. The van der Waals surface area contributed by atoms with E-state index in [2.05, 4.69) is 0 Å². The van der Waals surface area contributed by atoms with Crippen LogP contribution in [0, 0.1) is 6.92 Å². The van der Waals surface area contributed by atoms with Crippen molar-refractivity contribution in [2.45, 2.75) is 26.2 Å². The average Bonchev–Trinajstić information content (AvgIpc) is 2.17. The third-order valence-corrected chi connectivity index (χ3v) is 2.47. The molecule has 2 nitrogen and oxygen atoms in total. The summed E-state index contributed by atoms with van der Waals surface area (Å²) in [6, 6.07) is 7.93. The fourth-order valence-corrected chi connectivity index (χ4v) is 1.34. The highest BCUT2D eigenvalue weighted by atomic mass is 16.5. The van der Waals surface area contributed by atoms with Gasteiger partial charge in [-0.25, -0.2) is 0 Å². The molecule has 0 N–H and O–H groups in total. The zero-order valence-corrected chi connectivity index (χ0v) is 9.13. The van der Waals surface area contributed by atoms with Crippen LogP contribution < -0.4 is 0 Å². The molecule has 1 aromatic carbocycles. The van der Waals surface area contributed by atoms with E-state index in [1.165, 1.54) is 12.7 Å². The first-order chi connectivity index (χ1) is 6.48. The summed E-state index contributed by atoms with van der Waals surface area (Å²) in [5.41, 5.74) is 1.60. The van der Waals surface area contributed by atoms with Crippen LogP contribution >= 0.6 is 0 Å². The summed E-state index contributed by atoms with van der Waals surface area (Å²) in [5, 5.41) is 0. The lowest BCUT2D eigenvalue weighted by Crippen LogP contribution is -2.30. The molecule has 0 heterocycles. The number of benzene rings is 1. The topological polar surface area (TPSA) is 26.3 Å². The van der Waals surface area contributed by atoms with Crippen molar-refractivity contribution in [1.29, 1.82) is 0 Å². The van der Waals surface area contributed by atoms with Gasteiger partial charge in [-0.05, 0) is 26.3 Å². The number of rotatable bonds is 2. The smallest absolute Gasteiger partial charge is 0.315 e. The van der Waals surface area contributed by atoms with E-state index in [1.807, 2.05) is 45.0 Å². The summed E-state index contributed by atoms with van der Waals surface area (Å²) in [6.45, 7) is 5.75. The highest BCUT2D eigenvalue weighted by molar-refractivity contribution is 5.82. The first kappa shape index (κ1) is 10.8. The van der Waals surface area contributed by atoms with Crippen LogP contribution in [0.5, 0.6) is 0 Å². The van der Waals surface area contributed by atoms with Crippen molar-refractivity contribution >= 4 is 5.97 Å². The number of esters is 1. The summed E-state index contributed by atoms with van der Waals surface area (Å²) < 4.78 is 4.76. The Labute approximate surface area is 84.9 Å². The van der Waals surface area contributed by atoms with E-state index >= 15 is 0 Å². The fraction of sp³-hybridized carbons (Fsp3) is 0.417. The normalized spacial score (nSPS) is 11.1. The summed E-state index contributed by atoms with van der Waals surface area (Å²) in [4.78, 5) is 11.5. The SMILES string of the molecule is COC(=O)C(C)(C)c1ccc(C)cc1. The fourth-order valence-electron chi connectivity index (χ4n) is 1.34. The van der Waals surface area contributed by atoms with E-state index in [1.54, 1.807) is 0 Å². The first-order valence-corrected chi connectivity index (χ1v) is 4.64. The molecule has 1 aromatic rings. The minimum absolute atomic E-state index is 0.207. The van der Waals surface area contributed by atoms with Crippen LogP contribution in [0.4, 0.5) is 0 Å². The molecule has 0 aliphatic heterocycles. The van der Waals surface area contributed by atoms with Crippen LogP contribution in [0.2, 0.25) is 0 Å². The molecule has 0 saturated carbocycles. The van der Waals surface area contributed by atoms with Crippen LogP contribution in [0.3, 0.4) is 0 Å². The predicted octanol–water partition coefficient (Wildman–Crippen LogP) is 2.45. The first-order valence-electron chi connectivity index (χ1n) is 4.64. The third-order valence-electron chi connectivity index (χ3n) is 2.47. The van der Waals surface area contributed by atoms with Gasteiger partial charge in [0.15, 0.2) is 0 Å². The Morgan fingerprint density at radius 2 is 1.71 bits per heavy atom. The summed E-state index contributed by atoms with van der Waals surface area (Å²) in [7, 11) is 1.41. The van der Waals surface area contributed by atoms with Crippen molar-refractivity contribution < 1.29 is 9.53 Å². The Morgan fingerprint density at radius 3 is 2.14 bits per heavy atom.